The van der Waals surface area contributed by atoms with E-state index in [4.69, 9.17) is 0 Å². The molecule has 0 radical (unpaired) electrons. The van der Waals surface area contributed by atoms with Gasteiger partial charge in [0.2, 0.25) is 0 Å². The van der Waals surface area contributed by atoms with Crippen LogP contribution in [-0.2, 0) is 6.42 Å². The lowest BCUT2D eigenvalue weighted by atomic mass is 9.87. The molecule has 1 aromatic rings. The van der Waals surface area contributed by atoms with Crippen LogP contribution in [0.2, 0.25) is 0 Å². The summed E-state index contributed by atoms with van der Waals surface area (Å²) in [6.45, 7) is 6.05. The van der Waals surface area contributed by atoms with Gasteiger partial charge in [0.15, 0.2) is 0 Å². The lowest BCUT2D eigenvalue weighted by molar-refractivity contribution is 0.269. The van der Waals surface area contributed by atoms with Gasteiger partial charge in [0.1, 0.15) is 0 Å². The Labute approximate surface area is 101 Å². The maximum absolute atomic E-state index is 4.58. The van der Waals surface area contributed by atoms with Gasteiger partial charge in [0, 0.05) is 19.0 Å². The first-order valence-corrected chi connectivity index (χ1v) is 7.15. The molecule has 16 heavy (non-hydrogen) atoms. The van der Waals surface area contributed by atoms with Crippen LogP contribution in [0.25, 0.3) is 0 Å². The molecular weight excluding hydrogens is 218 g/mol. The van der Waals surface area contributed by atoms with E-state index in [9.17, 15) is 0 Å². The zero-order chi connectivity index (χ0) is 11.0. The Morgan fingerprint density at radius 2 is 2.31 bits per heavy atom. The van der Waals surface area contributed by atoms with E-state index in [1.165, 1.54) is 62.0 Å². The number of aryl methyl sites for hydroxylation is 1. The highest BCUT2D eigenvalue weighted by molar-refractivity contribution is 6.99. The number of hydrogen-bond acceptors (Lipinski definition) is 4. The number of nitrogens with zero attached hydrogens (tertiary/aromatic N) is 3. The molecule has 2 unspecified atom stereocenters. The van der Waals surface area contributed by atoms with Crippen molar-refractivity contribution in [2.24, 2.45) is 5.92 Å². The van der Waals surface area contributed by atoms with Crippen LogP contribution in [0.1, 0.15) is 43.5 Å². The van der Waals surface area contributed by atoms with E-state index in [1.807, 2.05) is 0 Å². The number of rotatable bonds is 3. The molecule has 2 saturated heterocycles. The molecule has 3 atom stereocenters. The van der Waals surface area contributed by atoms with Crippen molar-refractivity contribution in [1.82, 2.24) is 13.6 Å². The molecule has 2 bridgehead atoms. The summed E-state index contributed by atoms with van der Waals surface area (Å²) in [5.74, 6) is 1.54. The van der Waals surface area contributed by atoms with Gasteiger partial charge in [-0.1, -0.05) is 13.3 Å². The van der Waals surface area contributed by atoms with E-state index < -0.39 is 0 Å². The van der Waals surface area contributed by atoms with Gasteiger partial charge in [-0.05, 0) is 31.7 Å². The lowest BCUT2D eigenvalue weighted by Gasteiger charge is -2.21. The van der Waals surface area contributed by atoms with Crippen molar-refractivity contribution in [1.29, 1.82) is 0 Å². The third-order valence-electron chi connectivity index (χ3n) is 3.99. The maximum atomic E-state index is 4.58. The normalized spacial score (nSPS) is 33.2. The number of aromatic nitrogens is 2. The van der Waals surface area contributed by atoms with Crippen LogP contribution in [0.3, 0.4) is 0 Å². The molecule has 3 heterocycles. The Balaban J connectivity index is 1.83. The summed E-state index contributed by atoms with van der Waals surface area (Å²) < 4.78 is 9.06. The van der Waals surface area contributed by atoms with Gasteiger partial charge in [-0.25, -0.2) is 0 Å². The molecule has 1 aromatic heterocycles. The van der Waals surface area contributed by atoms with Crippen molar-refractivity contribution in [3.8, 4) is 0 Å². The summed E-state index contributed by atoms with van der Waals surface area (Å²) in [6, 6.07) is 0. The van der Waals surface area contributed by atoms with Crippen molar-refractivity contribution < 1.29 is 0 Å². The Morgan fingerprint density at radius 1 is 1.38 bits per heavy atom. The second-order valence-electron chi connectivity index (χ2n) is 5.11. The minimum atomic E-state index is 0.683. The highest BCUT2D eigenvalue weighted by Crippen LogP contribution is 2.39. The molecule has 2 fully saturated rings. The molecule has 0 amide bonds. The van der Waals surface area contributed by atoms with Gasteiger partial charge >= 0.3 is 0 Å². The van der Waals surface area contributed by atoms with E-state index in [-0.39, 0.29) is 0 Å². The first kappa shape index (κ1) is 10.7. The van der Waals surface area contributed by atoms with Gasteiger partial charge in [-0.15, -0.1) is 0 Å². The number of hydrogen-bond donors (Lipinski definition) is 0. The lowest BCUT2D eigenvalue weighted by Crippen LogP contribution is -2.25. The first-order chi connectivity index (χ1) is 7.88. The minimum absolute atomic E-state index is 0.683. The fourth-order valence-corrected chi connectivity index (χ4v) is 3.88. The quantitative estimate of drug-likeness (QED) is 0.807. The summed E-state index contributed by atoms with van der Waals surface area (Å²) in [5, 5.41) is 0. The third kappa shape index (κ3) is 1.78. The Morgan fingerprint density at radius 3 is 3.12 bits per heavy atom. The van der Waals surface area contributed by atoms with Crippen molar-refractivity contribution in [3.05, 3.63) is 11.4 Å². The predicted molar refractivity (Wildman–Crippen MR) is 65.8 cm³/mol. The Kier molecular flexibility index (Phi) is 2.94. The smallest absolute Gasteiger partial charge is 0.0821 e. The number of fused-ring (bicyclic) bond motifs is 2. The SMILES string of the molecule is CCCc1nsnc1C1CN2CCC[C@@H]1C2. The van der Waals surface area contributed by atoms with Crippen molar-refractivity contribution in [3.63, 3.8) is 0 Å². The fraction of sp³-hybridized carbons (Fsp3) is 0.833. The Hall–Kier alpha value is -0.480. The summed E-state index contributed by atoms with van der Waals surface area (Å²) in [5.41, 5.74) is 2.62. The van der Waals surface area contributed by atoms with Crippen LogP contribution in [-0.4, -0.2) is 33.3 Å². The molecule has 4 heteroatoms. The summed E-state index contributed by atoms with van der Waals surface area (Å²) in [4.78, 5) is 2.61. The molecule has 3 rings (SSSR count). The fourth-order valence-electron chi connectivity index (χ4n) is 3.23. The van der Waals surface area contributed by atoms with Crippen molar-refractivity contribution >= 4 is 11.7 Å². The highest BCUT2D eigenvalue weighted by atomic mass is 32.1. The van der Waals surface area contributed by atoms with E-state index in [2.05, 4.69) is 20.6 Å². The molecule has 0 spiro atoms. The maximum Gasteiger partial charge on any atom is 0.0821 e. The number of piperidine rings is 1. The van der Waals surface area contributed by atoms with E-state index in [0.717, 1.165) is 12.3 Å². The molecule has 88 valence electrons. The second-order valence-corrected chi connectivity index (χ2v) is 5.64. The van der Waals surface area contributed by atoms with Gasteiger partial charge in [-0.3, -0.25) is 0 Å². The summed E-state index contributed by atoms with van der Waals surface area (Å²) in [6.07, 6.45) is 5.06. The van der Waals surface area contributed by atoms with Crippen molar-refractivity contribution in [2.75, 3.05) is 19.6 Å². The second kappa shape index (κ2) is 4.41. The van der Waals surface area contributed by atoms with Crippen LogP contribution in [0.4, 0.5) is 0 Å². The van der Waals surface area contributed by atoms with Crippen LogP contribution in [0.5, 0.6) is 0 Å². The van der Waals surface area contributed by atoms with Gasteiger partial charge in [0.05, 0.1) is 23.1 Å². The topological polar surface area (TPSA) is 29.0 Å². The molecular formula is C12H19N3S. The van der Waals surface area contributed by atoms with Crippen LogP contribution >= 0.6 is 11.7 Å². The minimum Gasteiger partial charge on any atom is -0.302 e. The molecule has 2 aliphatic rings. The highest BCUT2D eigenvalue weighted by Gasteiger charge is 2.38. The van der Waals surface area contributed by atoms with Crippen LogP contribution in [0, 0.1) is 5.92 Å². The summed E-state index contributed by atoms with van der Waals surface area (Å²) in [7, 11) is 0. The largest absolute Gasteiger partial charge is 0.302 e. The van der Waals surface area contributed by atoms with E-state index in [0.29, 0.717) is 5.92 Å². The van der Waals surface area contributed by atoms with Gasteiger partial charge in [0.25, 0.3) is 0 Å². The van der Waals surface area contributed by atoms with E-state index in [1.54, 1.807) is 0 Å². The molecule has 0 aromatic carbocycles. The average Bonchev–Trinajstić information content (AvgIpc) is 2.85. The summed E-state index contributed by atoms with van der Waals surface area (Å²) >= 11 is 1.41. The zero-order valence-corrected chi connectivity index (χ0v) is 10.7. The molecule has 3 nitrogen and oxygen atoms in total. The van der Waals surface area contributed by atoms with Crippen LogP contribution < -0.4 is 0 Å². The predicted octanol–water partition coefficient (Wildman–Crippen LogP) is 2.30. The van der Waals surface area contributed by atoms with Crippen LogP contribution in [0.15, 0.2) is 0 Å². The van der Waals surface area contributed by atoms with Crippen molar-refractivity contribution in [2.45, 2.75) is 38.5 Å². The Bertz CT molecular complexity index is 363. The van der Waals surface area contributed by atoms with Gasteiger partial charge in [-0.2, -0.15) is 8.75 Å². The average molecular weight is 237 g/mol. The van der Waals surface area contributed by atoms with Gasteiger partial charge < -0.3 is 4.90 Å². The zero-order valence-electron chi connectivity index (χ0n) is 9.85. The molecule has 0 saturated carbocycles. The first-order valence-electron chi connectivity index (χ1n) is 6.42. The molecule has 0 N–H and O–H groups in total. The molecule has 2 aliphatic heterocycles. The monoisotopic (exact) mass is 237 g/mol. The molecule has 0 aliphatic carbocycles. The third-order valence-corrected chi connectivity index (χ3v) is 4.57. The van der Waals surface area contributed by atoms with E-state index >= 15 is 0 Å². The standard InChI is InChI=1S/C12H19N3S/c1-2-4-11-12(14-16-13-11)10-8-15-6-3-5-9(10)7-15/h9-10H,2-8H2,1H3/t9-,10?/m1/s1.